The fraction of sp³-hybridized carbons (Fsp3) is 0.350. The zero-order valence-electron chi connectivity index (χ0n) is 14.9. The average molecular weight is 348 g/mol. The molecule has 0 atom stereocenters. The van der Waals surface area contributed by atoms with Crippen LogP contribution in [0.3, 0.4) is 0 Å². The van der Waals surface area contributed by atoms with Gasteiger partial charge in [-0.25, -0.2) is 8.78 Å². The molecule has 0 unspecified atom stereocenters. The number of benzene rings is 2. The van der Waals surface area contributed by atoms with E-state index in [0.29, 0.717) is 11.3 Å². The summed E-state index contributed by atoms with van der Waals surface area (Å²) >= 11 is 0. The highest BCUT2D eigenvalue weighted by atomic mass is 19.3. The van der Waals surface area contributed by atoms with Crippen LogP contribution in [0.1, 0.15) is 47.6 Å². The molecule has 5 heteroatoms. The van der Waals surface area contributed by atoms with Crippen molar-refractivity contribution in [3.8, 4) is 11.5 Å². The second-order valence-electron chi connectivity index (χ2n) is 5.94. The topological polar surface area (TPSA) is 35.5 Å². The van der Waals surface area contributed by atoms with Crippen molar-refractivity contribution in [1.82, 2.24) is 0 Å². The molecule has 3 nitrogen and oxygen atoms in total. The van der Waals surface area contributed by atoms with Crippen molar-refractivity contribution in [2.24, 2.45) is 0 Å². The molecule has 2 rings (SSSR count). The van der Waals surface area contributed by atoms with E-state index in [9.17, 15) is 13.6 Å². The smallest absolute Gasteiger partial charge is 0.310 e. The maximum absolute atomic E-state index is 13.3. The van der Waals surface area contributed by atoms with Gasteiger partial charge in [-0.3, -0.25) is 4.79 Å². The highest BCUT2D eigenvalue weighted by Gasteiger charge is 2.17. The monoisotopic (exact) mass is 348 g/mol. The van der Waals surface area contributed by atoms with Gasteiger partial charge >= 0.3 is 5.97 Å². The standard InChI is InChI=1S/C20H22F2O3/c1-5-19(23)25-17-8-6-7-12(2)16(17)11-24-18-10-14(4)13(3)9-15(18)20(21)22/h6-10,20H,5,11H2,1-4H3. The molecule has 0 radical (unpaired) electrons. The van der Waals surface area contributed by atoms with Gasteiger partial charge in [-0.2, -0.15) is 0 Å². The second kappa shape index (κ2) is 8.10. The van der Waals surface area contributed by atoms with Crippen molar-refractivity contribution in [2.45, 2.75) is 47.1 Å². The molecule has 0 saturated carbocycles. The molecule has 0 fully saturated rings. The minimum Gasteiger partial charge on any atom is -0.488 e. The molecule has 0 aliphatic rings. The Bertz CT molecular complexity index is 770. The van der Waals surface area contributed by atoms with E-state index in [1.54, 1.807) is 32.0 Å². The molecule has 0 amide bonds. The summed E-state index contributed by atoms with van der Waals surface area (Å²) in [4.78, 5) is 11.6. The summed E-state index contributed by atoms with van der Waals surface area (Å²) in [5.41, 5.74) is 3.06. The summed E-state index contributed by atoms with van der Waals surface area (Å²) in [6.45, 7) is 7.24. The quantitative estimate of drug-likeness (QED) is 0.515. The molecule has 0 aliphatic heterocycles. The van der Waals surface area contributed by atoms with E-state index in [1.807, 2.05) is 19.9 Å². The first-order valence-corrected chi connectivity index (χ1v) is 8.14. The van der Waals surface area contributed by atoms with Crippen LogP contribution in [0.5, 0.6) is 11.5 Å². The van der Waals surface area contributed by atoms with Gasteiger partial charge in [0, 0.05) is 12.0 Å². The van der Waals surface area contributed by atoms with Gasteiger partial charge in [-0.15, -0.1) is 0 Å². The zero-order valence-corrected chi connectivity index (χ0v) is 14.9. The lowest BCUT2D eigenvalue weighted by Gasteiger charge is -2.16. The van der Waals surface area contributed by atoms with Crippen LogP contribution in [0.4, 0.5) is 8.78 Å². The molecule has 0 aliphatic carbocycles. The van der Waals surface area contributed by atoms with Crippen LogP contribution in [-0.2, 0) is 11.4 Å². The molecule has 0 saturated heterocycles. The Balaban J connectivity index is 2.30. The zero-order chi connectivity index (χ0) is 18.6. The SMILES string of the molecule is CCC(=O)Oc1cccc(C)c1COc1cc(C)c(C)cc1C(F)F. The number of carbonyl (C=O) groups is 1. The van der Waals surface area contributed by atoms with Gasteiger partial charge < -0.3 is 9.47 Å². The van der Waals surface area contributed by atoms with Crippen molar-refractivity contribution >= 4 is 5.97 Å². The van der Waals surface area contributed by atoms with E-state index in [2.05, 4.69) is 0 Å². The number of rotatable bonds is 6. The normalized spacial score (nSPS) is 10.8. The molecule has 0 spiro atoms. The average Bonchev–Trinajstić information content (AvgIpc) is 2.56. The lowest BCUT2D eigenvalue weighted by molar-refractivity contribution is -0.134. The molecule has 2 aromatic rings. The predicted molar refractivity (Wildman–Crippen MR) is 92.3 cm³/mol. The fourth-order valence-corrected chi connectivity index (χ4v) is 2.41. The highest BCUT2D eigenvalue weighted by Crippen LogP contribution is 2.33. The Labute approximate surface area is 146 Å². The lowest BCUT2D eigenvalue weighted by Crippen LogP contribution is -2.10. The van der Waals surface area contributed by atoms with Gasteiger partial charge in [0.25, 0.3) is 6.43 Å². The Hall–Kier alpha value is -2.43. The van der Waals surface area contributed by atoms with E-state index in [1.165, 1.54) is 6.07 Å². The first-order valence-electron chi connectivity index (χ1n) is 8.14. The third-order valence-corrected chi connectivity index (χ3v) is 4.11. The maximum Gasteiger partial charge on any atom is 0.310 e. The number of ether oxygens (including phenoxy) is 2. The minimum atomic E-state index is -2.62. The van der Waals surface area contributed by atoms with Gasteiger partial charge in [0.2, 0.25) is 0 Å². The maximum atomic E-state index is 13.3. The Morgan fingerprint density at radius 2 is 1.72 bits per heavy atom. The third-order valence-electron chi connectivity index (χ3n) is 4.11. The van der Waals surface area contributed by atoms with Crippen molar-refractivity contribution < 1.29 is 23.0 Å². The van der Waals surface area contributed by atoms with Crippen LogP contribution in [0.25, 0.3) is 0 Å². The number of hydrogen-bond donors (Lipinski definition) is 0. The third kappa shape index (κ3) is 4.56. The van der Waals surface area contributed by atoms with Crippen molar-refractivity contribution in [1.29, 1.82) is 0 Å². The summed E-state index contributed by atoms with van der Waals surface area (Å²) in [6.07, 6.45) is -2.37. The van der Waals surface area contributed by atoms with E-state index in [0.717, 1.165) is 16.7 Å². The molecule has 0 bridgehead atoms. The predicted octanol–water partition coefficient (Wildman–Crippen LogP) is 5.44. The number of hydrogen-bond acceptors (Lipinski definition) is 3. The van der Waals surface area contributed by atoms with Crippen LogP contribution in [0, 0.1) is 20.8 Å². The molecule has 0 heterocycles. The van der Waals surface area contributed by atoms with Crippen LogP contribution < -0.4 is 9.47 Å². The Kier molecular flexibility index (Phi) is 6.12. The number of esters is 1. The molecule has 0 aromatic heterocycles. The lowest BCUT2D eigenvalue weighted by atomic mass is 10.0. The van der Waals surface area contributed by atoms with Crippen LogP contribution in [0.15, 0.2) is 30.3 Å². The van der Waals surface area contributed by atoms with Crippen molar-refractivity contribution in [3.05, 3.63) is 58.1 Å². The number of halogens is 2. The van der Waals surface area contributed by atoms with E-state index >= 15 is 0 Å². The first kappa shape index (κ1) is 18.9. The molecular formula is C20H22F2O3. The van der Waals surface area contributed by atoms with E-state index in [4.69, 9.17) is 9.47 Å². The molecule has 0 N–H and O–H groups in total. The number of aryl methyl sites for hydroxylation is 3. The van der Waals surface area contributed by atoms with Gasteiger partial charge in [-0.05, 0) is 55.7 Å². The van der Waals surface area contributed by atoms with Gasteiger partial charge in [0.1, 0.15) is 18.1 Å². The van der Waals surface area contributed by atoms with Gasteiger partial charge in [-0.1, -0.05) is 19.1 Å². The van der Waals surface area contributed by atoms with Gasteiger partial charge in [0.15, 0.2) is 0 Å². The summed E-state index contributed by atoms with van der Waals surface area (Å²) in [5, 5.41) is 0. The number of carbonyl (C=O) groups excluding carboxylic acids is 1. The van der Waals surface area contributed by atoms with Crippen LogP contribution in [-0.4, -0.2) is 5.97 Å². The van der Waals surface area contributed by atoms with Crippen LogP contribution >= 0.6 is 0 Å². The summed E-state index contributed by atoms with van der Waals surface area (Å²) in [5.74, 6) is 0.190. The number of alkyl halides is 2. The van der Waals surface area contributed by atoms with Gasteiger partial charge in [0.05, 0.1) is 5.56 Å². The summed E-state index contributed by atoms with van der Waals surface area (Å²) in [7, 11) is 0. The molecule has 134 valence electrons. The molecule has 2 aromatic carbocycles. The minimum absolute atomic E-state index is 0.0429. The van der Waals surface area contributed by atoms with E-state index < -0.39 is 6.43 Å². The van der Waals surface area contributed by atoms with Crippen molar-refractivity contribution in [2.75, 3.05) is 0 Å². The van der Waals surface area contributed by atoms with E-state index in [-0.39, 0.29) is 30.3 Å². The second-order valence-corrected chi connectivity index (χ2v) is 5.94. The Morgan fingerprint density at radius 1 is 1.04 bits per heavy atom. The van der Waals surface area contributed by atoms with Crippen LogP contribution in [0.2, 0.25) is 0 Å². The molecular weight excluding hydrogens is 326 g/mol. The largest absolute Gasteiger partial charge is 0.488 e. The van der Waals surface area contributed by atoms with Crippen molar-refractivity contribution in [3.63, 3.8) is 0 Å². The Morgan fingerprint density at radius 3 is 2.36 bits per heavy atom. The first-order chi connectivity index (χ1) is 11.8. The summed E-state index contributed by atoms with van der Waals surface area (Å²) in [6, 6.07) is 8.37. The summed E-state index contributed by atoms with van der Waals surface area (Å²) < 4.78 is 37.6. The fourth-order valence-electron chi connectivity index (χ4n) is 2.41. The highest BCUT2D eigenvalue weighted by molar-refractivity contribution is 5.72. The molecule has 25 heavy (non-hydrogen) atoms.